The van der Waals surface area contributed by atoms with Crippen LogP contribution in [0.25, 0.3) is 11.0 Å². The molecular weight excluding hydrogens is 226 g/mol. The standard InChI is InChI=1S/C14H21N3O/c1-3-11-4-5-12-13(10-11)17-14(16-12)6-7-15-8-9-18-2/h4-5,10,15H,3,6-9H2,1-2H3,(H,16,17). The Kier molecular flexibility index (Phi) is 4.73. The fourth-order valence-electron chi connectivity index (χ4n) is 1.95. The van der Waals surface area contributed by atoms with E-state index in [2.05, 4.69) is 40.4 Å². The molecule has 0 radical (unpaired) electrons. The van der Waals surface area contributed by atoms with Crippen LogP contribution in [0.15, 0.2) is 18.2 Å². The van der Waals surface area contributed by atoms with Gasteiger partial charge in [-0.25, -0.2) is 4.98 Å². The van der Waals surface area contributed by atoms with Crippen molar-refractivity contribution in [2.24, 2.45) is 0 Å². The highest BCUT2D eigenvalue weighted by atomic mass is 16.5. The van der Waals surface area contributed by atoms with Gasteiger partial charge in [0.1, 0.15) is 5.82 Å². The predicted octanol–water partition coefficient (Wildman–Crippen LogP) is 1.90. The van der Waals surface area contributed by atoms with Crippen molar-refractivity contribution in [3.63, 3.8) is 0 Å². The van der Waals surface area contributed by atoms with Crippen molar-refractivity contribution in [2.45, 2.75) is 19.8 Å². The molecule has 0 amide bonds. The Balaban J connectivity index is 1.93. The van der Waals surface area contributed by atoms with Gasteiger partial charge in [0, 0.05) is 26.6 Å². The molecule has 4 nitrogen and oxygen atoms in total. The number of hydrogen-bond acceptors (Lipinski definition) is 3. The highest BCUT2D eigenvalue weighted by Gasteiger charge is 2.02. The Labute approximate surface area is 108 Å². The monoisotopic (exact) mass is 247 g/mol. The van der Waals surface area contributed by atoms with Crippen LogP contribution in [0.5, 0.6) is 0 Å². The zero-order valence-electron chi connectivity index (χ0n) is 11.1. The summed E-state index contributed by atoms with van der Waals surface area (Å²) in [4.78, 5) is 7.96. The summed E-state index contributed by atoms with van der Waals surface area (Å²) in [6.45, 7) is 4.72. The molecule has 0 bridgehead atoms. The first-order valence-corrected chi connectivity index (χ1v) is 6.50. The molecule has 18 heavy (non-hydrogen) atoms. The quantitative estimate of drug-likeness (QED) is 0.735. The fraction of sp³-hybridized carbons (Fsp3) is 0.500. The van der Waals surface area contributed by atoms with Gasteiger partial charge in [-0.3, -0.25) is 0 Å². The molecule has 0 saturated carbocycles. The largest absolute Gasteiger partial charge is 0.383 e. The number of nitrogens with one attached hydrogen (secondary N) is 2. The van der Waals surface area contributed by atoms with Crippen LogP contribution in [0, 0.1) is 0 Å². The van der Waals surface area contributed by atoms with Gasteiger partial charge < -0.3 is 15.0 Å². The van der Waals surface area contributed by atoms with Crippen LogP contribution in [0.1, 0.15) is 18.3 Å². The lowest BCUT2D eigenvalue weighted by Gasteiger charge is -2.01. The number of imidazole rings is 1. The molecule has 0 aliphatic carbocycles. The first-order chi connectivity index (χ1) is 8.83. The second kappa shape index (κ2) is 6.52. The van der Waals surface area contributed by atoms with Crippen LogP contribution >= 0.6 is 0 Å². The second-order valence-electron chi connectivity index (χ2n) is 4.38. The van der Waals surface area contributed by atoms with E-state index in [0.29, 0.717) is 0 Å². The van der Waals surface area contributed by atoms with Gasteiger partial charge in [0.2, 0.25) is 0 Å². The molecule has 2 N–H and O–H groups in total. The van der Waals surface area contributed by atoms with Crippen LogP contribution < -0.4 is 5.32 Å². The van der Waals surface area contributed by atoms with E-state index in [-0.39, 0.29) is 0 Å². The van der Waals surface area contributed by atoms with E-state index in [9.17, 15) is 0 Å². The SMILES string of the molecule is CCc1ccc2nc(CCNCCOC)[nH]c2c1. The van der Waals surface area contributed by atoms with Crippen molar-refractivity contribution in [2.75, 3.05) is 26.8 Å². The van der Waals surface area contributed by atoms with Crippen LogP contribution in [-0.4, -0.2) is 36.8 Å². The Morgan fingerprint density at radius 2 is 2.22 bits per heavy atom. The summed E-state index contributed by atoms with van der Waals surface area (Å²) in [5.74, 6) is 1.04. The number of benzene rings is 1. The van der Waals surface area contributed by atoms with Gasteiger partial charge in [0.25, 0.3) is 0 Å². The molecule has 0 aliphatic rings. The van der Waals surface area contributed by atoms with E-state index in [1.165, 1.54) is 5.56 Å². The number of aryl methyl sites for hydroxylation is 1. The molecule has 0 fully saturated rings. The third-order valence-electron chi connectivity index (χ3n) is 3.03. The summed E-state index contributed by atoms with van der Waals surface area (Å²) in [5, 5.41) is 3.32. The highest BCUT2D eigenvalue weighted by Crippen LogP contribution is 2.14. The minimum Gasteiger partial charge on any atom is -0.383 e. The summed E-state index contributed by atoms with van der Waals surface area (Å²) < 4.78 is 4.98. The van der Waals surface area contributed by atoms with E-state index in [1.807, 2.05) is 0 Å². The molecule has 0 atom stereocenters. The molecular formula is C14H21N3O. The first-order valence-electron chi connectivity index (χ1n) is 6.50. The summed E-state index contributed by atoms with van der Waals surface area (Å²) in [7, 11) is 1.71. The smallest absolute Gasteiger partial charge is 0.108 e. The lowest BCUT2D eigenvalue weighted by atomic mass is 10.1. The molecule has 98 valence electrons. The fourth-order valence-corrected chi connectivity index (χ4v) is 1.95. The zero-order valence-corrected chi connectivity index (χ0v) is 11.1. The maximum absolute atomic E-state index is 4.98. The topological polar surface area (TPSA) is 49.9 Å². The van der Waals surface area contributed by atoms with Crippen molar-refractivity contribution in [1.29, 1.82) is 0 Å². The molecule has 2 rings (SSSR count). The number of H-pyrrole nitrogens is 1. The second-order valence-corrected chi connectivity index (χ2v) is 4.38. The summed E-state index contributed by atoms with van der Waals surface area (Å²) in [5.41, 5.74) is 3.54. The average molecular weight is 247 g/mol. The summed E-state index contributed by atoms with van der Waals surface area (Å²) in [6.07, 6.45) is 1.97. The molecule has 0 saturated heterocycles. The van der Waals surface area contributed by atoms with E-state index >= 15 is 0 Å². The number of methoxy groups -OCH3 is 1. The average Bonchev–Trinajstić information content (AvgIpc) is 2.80. The molecule has 1 aromatic heterocycles. The lowest BCUT2D eigenvalue weighted by Crippen LogP contribution is -2.22. The van der Waals surface area contributed by atoms with Crippen LogP contribution in [0.3, 0.4) is 0 Å². The molecule has 2 aromatic rings. The van der Waals surface area contributed by atoms with E-state index < -0.39 is 0 Å². The number of aromatic amines is 1. The van der Waals surface area contributed by atoms with E-state index in [0.717, 1.165) is 49.4 Å². The number of ether oxygens (including phenoxy) is 1. The van der Waals surface area contributed by atoms with Crippen molar-refractivity contribution in [3.8, 4) is 0 Å². The third kappa shape index (κ3) is 3.31. The van der Waals surface area contributed by atoms with Crippen molar-refractivity contribution < 1.29 is 4.74 Å². The van der Waals surface area contributed by atoms with Crippen molar-refractivity contribution in [1.82, 2.24) is 15.3 Å². The van der Waals surface area contributed by atoms with E-state index in [1.54, 1.807) is 7.11 Å². The lowest BCUT2D eigenvalue weighted by molar-refractivity contribution is 0.199. The maximum atomic E-state index is 4.98. The molecule has 4 heteroatoms. The van der Waals surface area contributed by atoms with Gasteiger partial charge in [0.15, 0.2) is 0 Å². The summed E-state index contributed by atoms with van der Waals surface area (Å²) >= 11 is 0. The number of hydrogen-bond donors (Lipinski definition) is 2. The number of fused-ring (bicyclic) bond motifs is 1. The molecule has 0 aliphatic heterocycles. The zero-order chi connectivity index (χ0) is 12.8. The van der Waals surface area contributed by atoms with Gasteiger partial charge in [-0.2, -0.15) is 0 Å². The Hall–Kier alpha value is -1.39. The number of aromatic nitrogens is 2. The Bertz CT molecular complexity index is 493. The van der Waals surface area contributed by atoms with Crippen molar-refractivity contribution >= 4 is 11.0 Å². The molecule has 0 unspecified atom stereocenters. The Morgan fingerprint density at radius 1 is 1.33 bits per heavy atom. The minimum atomic E-state index is 0.750. The molecule has 1 heterocycles. The van der Waals surface area contributed by atoms with Gasteiger partial charge in [0.05, 0.1) is 17.6 Å². The number of nitrogens with zero attached hydrogens (tertiary/aromatic N) is 1. The van der Waals surface area contributed by atoms with Crippen LogP contribution in [0.2, 0.25) is 0 Å². The predicted molar refractivity (Wildman–Crippen MR) is 73.9 cm³/mol. The van der Waals surface area contributed by atoms with Gasteiger partial charge >= 0.3 is 0 Å². The maximum Gasteiger partial charge on any atom is 0.108 e. The van der Waals surface area contributed by atoms with Crippen molar-refractivity contribution in [3.05, 3.63) is 29.6 Å². The van der Waals surface area contributed by atoms with Gasteiger partial charge in [-0.15, -0.1) is 0 Å². The molecule has 0 spiro atoms. The van der Waals surface area contributed by atoms with E-state index in [4.69, 9.17) is 4.74 Å². The highest BCUT2D eigenvalue weighted by molar-refractivity contribution is 5.75. The van der Waals surface area contributed by atoms with Gasteiger partial charge in [-0.1, -0.05) is 13.0 Å². The van der Waals surface area contributed by atoms with Crippen LogP contribution in [0.4, 0.5) is 0 Å². The number of rotatable bonds is 7. The molecule has 1 aromatic carbocycles. The first kappa shape index (κ1) is 13.1. The summed E-state index contributed by atoms with van der Waals surface area (Å²) in [6, 6.07) is 6.42. The van der Waals surface area contributed by atoms with Crippen LogP contribution in [-0.2, 0) is 17.6 Å². The van der Waals surface area contributed by atoms with Gasteiger partial charge in [-0.05, 0) is 24.1 Å². The third-order valence-corrected chi connectivity index (χ3v) is 3.03. The Morgan fingerprint density at radius 3 is 3.00 bits per heavy atom. The minimum absolute atomic E-state index is 0.750. The normalized spacial score (nSPS) is 11.2.